The third kappa shape index (κ3) is 1.63. The Morgan fingerprint density at radius 2 is 2.29 bits per heavy atom. The van der Waals surface area contributed by atoms with Crippen molar-refractivity contribution in [1.82, 2.24) is 10.5 Å². The fourth-order valence-electron chi connectivity index (χ4n) is 1.53. The molecule has 0 fully saturated rings. The van der Waals surface area contributed by atoms with Crippen LogP contribution in [-0.2, 0) is 6.42 Å². The molecule has 0 aliphatic rings. The van der Waals surface area contributed by atoms with Crippen molar-refractivity contribution in [2.24, 2.45) is 0 Å². The zero-order chi connectivity index (χ0) is 9.97. The van der Waals surface area contributed by atoms with Crippen LogP contribution < -0.4 is 5.32 Å². The van der Waals surface area contributed by atoms with E-state index in [1.807, 2.05) is 19.2 Å². The van der Waals surface area contributed by atoms with Crippen LogP contribution in [0.5, 0.6) is 0 Å². The molecule has 1 heterocycles. The van der Waals surface area contributed by atoms with Crippen LogP contribution in [0.1, 0.15) is 11.3 Å². The highest BCUT2D eigenvalue weighted by Gasteiger charge is 2.06. The molecule has 0 unspecified atom stereocenters. The van der Waals surface area contributed by atoms with Crippen molar-refractivity contribution >= 4 is 10.9 Å². The predicted octanol–water partition coefficient (Wildman–Crippen LogP) is 1.90. The largest absolute Gasteiger partial charge is 0.360 e. The maximum Gasteiger partial charge on any atom is 0.145 e. The Morgan fingerprint density at radius 3 is 3.07 bits per heavy atom. The third-order valence-electron chi connectivity index (χ3n) is 2.31. The van der Waals surface area contributed by atoms with Crippen molar-refractivity contribution in [2.45, 2.75) is 13.3 Å². The molecular weight excluding hydrogens is 176 g/mol. The number of aryl methyl sites for hydroxylation is 1. The highest BCUT2D eigenvalue weighted by atomic mass is 16.5. The summed E-state index contributed by atoms with van der Waals surface area (Å²) in [6.45, 7) is 2.99. The Hall–Kier alpha value is -1.35. The summed E-state index contributed by atoms with van der Waals surface area (Å²) in [6, 6.07) is 6.17. The van der Waals surface area contributed by atoms with E-state index in [-0.39, 0.29) is 0 Å². The lowest BCUT2D eigenvalue weighted by atomic mass is 10.1. The molecule has 2 aromatic rings. The fourth-order valence-corrected chi connectivity index (χ4v) is 1.53. The van der Waals surface area contributed by atoms with Gasteiger partial charge >= 0.3 is 0 Å². The van der Waals surface area contributed by atoms with Crippen molar-refractivity contribution in [3.63, 3.8) is 0 Å². The molecule has 2 rings (SSSR count). The first kappa shape index (κ1) is 9.21. The van der Waals surface area contributed by atoms with Gasteiger partial charge in [-0.05, 0) is 26.1 Å². The number of hydrogen-bond donors (Lipinski definition) is 1. The van der Waals surface area contributed by atoms with Gasteiger partial charge in [-0.25, -0.2) is 0 Å². The van der Waals surface area contributed by atoms with Gasteiger partial charge in [0, 0.05) is 18.4 Å². The molecule has 0 amide bonds. The molecule has 0 atom stereocenters. The van der Waals surface area contributed by atoms with E-state index in [9.17, 15) is 0 Å². The predicted molar refractivity (Wildman–Crippen MR) is 56.4 cm³/mol. The van der Waals surface area contributed by atoms with Gasteiger partial charge in [0.15, 0.2) is 0 Å². The zero-order valence-corrected chi connectivity index (χ0v) is 8.50. The molecule has 0 aliphatic heterocycles. The standard InChI is InChI=1S/C11H14N2O/c1-8-3-4-10-9(7-8)11(14-13-10)5-6-12-2/h3-4,7,12H,5-6H2,1-2H3. The lowest BCUT2D eigenvalue weighted by Gasteiger charge is -1.96. The van der Waals surface area contributed by atoms with E-state index in [4.69, 9.17) is 4.52 Å². The number of benzene rings is 1. The van der Waals surface area contributed by atoms with Crippen molar-refractivity contribution in [3.05, 3.63) is 29.5 Å². The highest BCUT2D eigenvalue weighted by molar-refractivity contribution is 5.81. The van der Waals surface area contributed by atoms with Gasteiger partial charge in [0.25, 0.3) is 0 Å². The third-order valence-corrected chi connectivity index (χ3v) is 2.31. The normalized spacial score (nSPS) is 11.0. The minimum absolute atomic E-state index is 0.885. The van der Waals surface area contributed by atoms with Gasteiger partial charge in [0.1, 0.15) is 11.3 Å². The van der Waals surface area contributed by atoms with Gasteiger partial charge in [-0.2, -0.15) is 0 Å². The summed E-state index contributed by atoms with van der Waals surface area (Å²) >= 11 is 0. The zero-order valence-electron chi connectivity index (χ0n) is 8.50. The average Bonchev–Trinajstić information content (AvgIpc) is 2.57. The Balaban J connectivity index is 2.40. The van der Waals surface area contributed by atoms with Crippen molar-refractivity contribution in [2.75, 3.05) is 13.6 Å². The summed E-state index contributed by atoms with van der Waals surface area (Å²) in [7, 11) is 1.93. The lowest BCUT2D eigenvalue weighted by molar-refractivity contribution is 0.390. The summed E-state index contributed by atoms with van der Waals surface area (Å²) in [5.74, 6) is 0.970. The molecule has 3 heteroatoms. The Kier molecular flexibility index (Phi) is 2.50. The van der Waals surface area contributed by atoms with Crippen LogP contribution in [0.4, 0.5) is 0 Å². The molecule has 3 nitrogen and oxygen atoms in total. The Labute approximate surface area is 83.1 Å². The molecule has 1 aromatic carbocycles. The van der Waals surface area contributed by atoms with E-state index in [1.165, 1.54) is 5.56 Å². The van der Waals surface area contributed by atoms with Gasteiger partial charge in [0.2, 0.25) is 0 Å². The molecule has 1 aromatic heterocycles. The fraction of sp³-hybridized carbons (Fsp3) is 0.364. The summed E-state index contributed by atoms with van der Waals surface area (Å²) in [4.78, 5) is 0. The van der Waals surface area contributed by atoms with E-state index < -0.39 is 0 Å². The van der Waals surface area contributed by atoms with E-state index in [1.54, 1.807) is 0 Å². The molecule has 14 heavy (non-hydrogen) atoms. The maximum atomic E-state index is 5.28. The highest BCUT2D eigenvalue weighted by Crippen LogP contribution is 2.19. The first-order chi connectivity index (χ1) is 6.81. The quantitative estimate of drug-likeness (QED) is 0.803. The topological polar surface area (TPSA) is 38.1 Å². The van der Waals surface area contributed by atoms with Crippen molar-refractivity contribution in [1.29, 1.82) is 0 Å². The van der Waals surface area contributed by atoms with E-state index >= 15 is 0 Å². The van der Waals surface area contributed by atoms with Crippen LogP contribution in [0.15, 0.2) is 22.7 Å². The maximum absolute atomic E-state index is 5.28. The van der Waals surface area contributed by atoms with Crippen LogP contribution in [-0.4, -0.2) is 18.7 Å². The number of rotatable bonds is 3. The minimum atomic E-state index is 0.885. The van der Waals surface area contributed by atoms with Crippen LogP contribution >= 0.6 is 0 Å². The molecule has 0 spiro atoms. The first-order valence-corrected chi connectivity index (χ1v) is 4.81. The number of nitrogens with zero attached hydrogens (tertiary/aromatic N) is 1. The van der Waals surface area contributed by atoms with Crippen LogP contribution in [0, 0.1) is 6.92 Å². The molecule has 0 saturated heterocycles. The Bertz CT molecular complexity index is 434. The average molecular weight is 190 g/mol. The van der Waals surface area contributed by atoms with Crippen LogP contribution in [0.3, 0.4) is 0 Å². The molecule has 0 bridgehead atoms. The lowest BCUT2D eigenvalue weighted by Crippen LogP contribution is -2.09. The number of hydrogen-bond acceptors (Lipinski definition) is 3. The van der Waals surface area contributed by atoms with Gasteiger partial charge in [-0.3, -0.25) is 0 Å². The monoisotopic (exact) mass is 190 g/mol. The number of fused-ring (bicyclic) bond motifs is 1. The smallest absolute Gasteiger partial charge is 0.145 e. The summed E-state index contributed by atoms with van der Waals surface area (Å²) in [6.07, 6.45) is 0.885. The van der Waals surface area contributed by atoms with Gasteiger partial charge in [-0.1, -0.05) is 16.8 Å². The molecule has 0 saturated carbocycles. The molecular formula is C11H14N2O. The van der Waals surface area contributed by atoms with Crippen LogP contribution in [0.25, 0.3) is 10.9 Å². The van der Waals surface area contributed by atoms with Crippen LogP contribution in [0.2, 0.25) is 0 Å². The number of aromatic nitrogens is 1. The van der Waals surface area contributed by atoms with E-state index in [0.29, 0.717) is 0 Å². The second-order valence-electron chi connectivity index (χ2n) is 3.48. The van der Waals surface area contributed by atoms with Gasteiger partial charge in [-0.15, -0.1) is 0 Å². The molecule has 74 valence electrons. The molecule has 1 N–H and O–H groups in total. The second kappa shape index (κ2) is 3.80. The number of likely N-dealkylation sites (N-methyl/N-ethyl adjacent to an activating group) is 1. The number of nitrogens with one attached hydrogen (secondary N) is 1. The molecule has 0 aliphatic carbocycles. The molecule has 0 radical (unpaired) electrons. The SMILES string of the molecule is CNCCc1onc2ccc(C)cc12. The van der Waals surface area contributed by atoms with E-state index in [2.05, 4.69) is 23.5 Å². The summed E-state index contributed by atoms with van der Waals surface area (Å²) in [5, 5.41) is 8.25. The summed E-state index contributed by atoms with van der Waals surface area (Å²) < 4.78 is 5.28. The Morgan fingerprint density at radius 1 is 1.43 bits per heavy atom. The van der Waals surface area contributed by atoms with Gasteiger partial charge in [0.05, 0.1) is 0 Å². The first-order valence-electron chi connectivity index (χ1n) is 4.81. The minimum Gasteiger partial charge on any atom is -0.360 e. The van der Waals surface area contributed by atoms with Crippen molar-refractivity contribution < 1.29 is 4.52 Å². The van der Waals surface area contributed by atoms with E-state index in [0.717, 1.165) is 29.6 Å². The van der Waals surface area contributed by atoms with Gasteiger partial charge < -0.3 is 9.84 Å². The summed E-state index contributed by atoms with van der Waals surface area (Å²) in [5.41, 5.74) is 2.19. The second-order valence-corrected chi connectivity index (χ2v) is 3.48. The van der Waals surface area contributed by atoms with Crippen molar-refractivity contribution in [3.8, 4) is 0 Å².